The molecule has 7 nitrogen and oxygen atoms in total. The number of tetrazole rings is 1. The first-order chi connectivity index (χ1) is 16.2. The lowest BCUT2D eigenvalue weighted by Crippen LogP contribution is -2.42. The number of hydrogen-bond donors (Lipinski definition) is 1. The lowest BCUT2D eigenvalue weighted by atomic mass is 10.0. The second-order valence-corrected chi connectivity index (χ2v) is 9.78. The first-order valence-corrected chi connectivity index (χ1v) is 12.1. The summed E-state index contributed by atoms with van der Waals surface area (Å²) in [4.78, 5) is 16.6. The van der Waals surface area contributed by atoms with E-state index in [4.69, 9.17) is 0 Å². The van der Waals surface area contributed by atoms with E-state index < -0.39 is 0 Å². The Bertz CT molecular complexity index is 1270. The molecule has 0 unspecified atom stereocenters. The lowest BCUT2D eigenvalue weighted by molar-refractivity contribution is -0.125. The van der Waals surface area contributed by atoms with Gasteiger partial charge < -0.3 is 5.32 Å². The van der Waals surface area contributed by atoms with E-state index in [1.165, 1.54) is 27.8 Å². The van der Waals surface area contributed by atoms with Crippen molar-refractivity contribution < 1.29 is 4.79 Å². The maximum Gasteiger partial charge on any atom is 0.237 e. The monoisotopic (exact) mass is 456 g/mol. The molecule has 6 rings (SSSR count). The molecule has 1 saturated heterocycles. The van der Waals surface area contributed by atoms with Crippen LogP contribution in [0.3, 0.4) is 0 Å². The van der Waals surface area contributed by atoms with Crippen molar-refractivity contribution in [1.82, 2.24) is 30.4 Å². The lowest BCUT2D eigenvalue weighted by Gasteiger charge is -2.23. The Morgan fingerprint density at radius 1 is 1.09 bits per heavy atom. The highest BCUT2D eigenvalue weighted by atomic mass is 32.1. The van der Waals surface area contributed by atoms with Crippen LogP contribution in [0.4, 0.5) is 0 Å². The summed E-state index contributed by atoms with van der Waals surface area (Å²) in [5, 5.41) is 16.8. The van der Waals surface area contributed by atoms with E-state index in [0.29, 0.717) is 13.0 Å². The Labute approximate surface area is 196 Å². The van der Waals surface area contributed by atoms with Crippen LogP contribution in [0.25, 0.3) is 11.1 Å². The average Bonchev–Trinajstić information content (AvgIpc) is 3.63. The SMILES string of the molecule is O=C(NCc1cccs1)[C@@H]1C[C@H](n2cnnn2)CN1Cc1ccc2c(c1)Cc1ccccc1-2. The molecule has 2 aliphatic rings. The number of thiophene rings is 1. The highest BCUT2D eigenvalue weighted by molar-refractivity contribution is 7.09. The Hall–Kier alpha value is -3.36. The number of amides is 1. The second-order valence-electron chi connectivity index (χ2n) is 8.75. The molecule has 1 amide bonds. The number of carbonyl (C=O) groups is 1. The molecule has 0 saturated carbocycles. The highest BCUT2D eigenvalue weighted by Gasteiger charge is 2.38. The van der Waals surface area contributed by atoms with Gasteiger partial charge in [-0.15, -0.1) is 16.4 Å². The van der Waals surface area contributed by atoms with Gasteiger partial charge >= 0.3 is 0 Å². The third-order valence-electron chi connectivity index (χ3n) is 6.68. The zero-order valence-electron chi connectivity index (χ0n) is 18.1. The number of benzene rings is 2. The third-order valence-corrected chi connectivity index (χ3v) is 7.56. The third kappa shape index (κ3) is 3.96. The molecule has 4 aromatic rings. The van der Waals surface area contributed by atoms with Crippen LogP contribution >= 0.6 is 11.3 Å². The van der Waals surface area contributed by atoms with Gasteiger partial charge in [0.05, 0.1) is 18.6 Å². The molecule has 0 spiro atoms. The standard InChI is InChI=1S/C25H24N6OS/c32-25(26-13-21-5-3-9-33-21)24-12-20(31-16-27-28-29-31)15-30(24)14-17-7-8-23-19(10-17)11-18-4-1-2-6-22(18)23/h1-10,16,20,24H,11-15H2,(H,26,32)/t20-,24-/m0/s1. The van der Waals surface area contributed by atoms with Crippen LogP contribution in [0, 0.1) is 0 Å². The Kier molecular flexibility index (Phi) is 5.24. The Balaban J connectivity index is 1.21. The summed E-state index contributed by atoms with van der Waals surface area (Å²) >= 11 is 1.66. The van der Waals surface area contributed by atoms with Crippen LogP contribution in [0.1, 0.15) is 34.0 Å². The minimum atomic E-state index is -0.218. The molecule has 2 atom stereocenters. The van der Waals surface area contributed by atoms with E-state index in [2.05, 4.69) is 68.2 Å². The van der Waals surface area contributed by atoms with Gasteiger partial charge in [-0.1, -0.05) is 48.5 Å². The van der Waals surface area contributed by atoms with Gasteiger partial charge in [0.2, 0.25) is 5.91 Å². The van der Waals surface area contributed by atoms with Crippen molar-refractivity contribution in [2.45, 2.75) is 38.0 Å². The van der Waals surface area contributed by atoms with Crippen LogP contribution in [-0.4, -0.2) is 43.6 Å². The van der Waals surface area contributed by atoms with E-state index >= 15 is 0 Å². The zero-order valence-corrected chi connectivity index (χ0v) is 18.9. The molecule has 1 N–H and O–H groups in total. The van der Waals surface area contributed by atoms with Crippen LogP contribution in [0.5, 0.6) is 0 Å². The average molecular weight is 457 g/mol. The smallest absolute Gasteiger partial charge is 0.237 e. The summed E-state index contributed by atoms with van der Waals surface area (Å²) in [6, 6.07) is 19.3. The minimum absolute atomic E-state index is 0.0625. The predicted octanol–water partition coefficient (Wildman–Crippen LogP) is 3.44. The van der Waals surface area contributed by atoms with Gasteiger partial charge in [0.1, 0.15) is 6.33 Å². The molecule has 0 radical (unpaired) electrons. The van der Waals surface area contributed by atoms with Gasteiger partial charge in [0.25, 0.3) is 0 Å². The van der Waals surface area contributed by atoms with E-state index in [9.17, 15) is 4.79 Å². The zero-order chi connectivity index (χ0) is 22.2. The Morgan fingerprint density at radius 3 is 2.85 bits per heavy atom. The van der Waals surface area contributed by atoms with Gasteiger partial charge in [-0.3, -0.25) is 9.69 Å². The number of aromatic nitrogens is 4. The van der Waals surface area contributed by atoms with E-state index in [1.807, 2.05) is 17.5 Å². The maximum absolute atomic E-state index is 13.2. The van der Waals surface area contributed by atoms with Crippen LogP contribution in [0.2, 0.25) is 0 Å². The summed E-state index contributed by atoms with van der Waals surface area (Å²) < 4.78 is 1.78. The number of rotatable bonds is 6. The quantitative estimate of drug-likeness (QED) is 0.424. The summed E-state index contributed by atoms with van der Waals surface area (Å²) in [5.74, 6) is 0.0625. The highest BCUT2D eigenvalue weighted by Crippen LogP contribution is 2.37. The number of carbonyl (C=O) groups excluding carboxylic acids is 1. The fourth-order valence-corrected chi connectivity index (χ4v) is 5.74. The fourth-order valence-electron chi connectivity index (χ4n) is 5.09. The van der Waals surface area contributed by atoms with Crippen molar-refractivity contribution in [3.63, 3.8) is 0 Å². The summed E-state index contributed by atoms with van der Waals surface area (Å²) in [5.41, 5.74) is 6.64. The molecular weight excluding hydrogens is 432 g/mol. The van der Waals surface area contributed by atoms with Crippen LogP contribution in [0.15, 0.2) is 66.3 Å². The minimum Gasteiger partial charge on any atom is -0.350 e. The second kappa shape index (κ2) is 8.53. The number of fused-ring (bicyclic) bond motifs is 3. The van der Waals surface area contributed by atoms with Crippen LogP contribution in [-0.2, 0) is 24.3 Å². The number of likely N-dealkylation sites (tertiary alicyclic amines) is 1. The molecule has 1 aliphatic carbocycles. The van der Waals surface area contributed by atoms with Crippen molar-refractivity contribution >= 4 is 17.2 Å². The number of nitrogens with zero attached hydrogens (tertiary/aromatic N) is 5. The van der Waals surface area contributed by atoms with Gasteiger partial charge in [-0.25, -0.2) is 4.68 Å². The molecule has 166 valence electrons. The molecule has 8 heteroatoms. The molecule has 2 aromatic heterocycles. The van der Waals surface area contributed by atoms with E-state index in [1.54, 1.807) is 22.3 Å². The number of hydrogen-bond acceptors (Lipinski definition) is 6. The van der Waals surface area contributed by atoms with Crippen molar-refractivity contribution in [3.8, 4) is 11.1 Å². The predicted molar refractivity (Wildman–Crippen MR) is 127 cm³/mol. The van der Waals surface area contributed by atoms with Gasteiger partial charge in [-0.2, -0.15) is 0 Å². The fraction of sp³-hybridized carbons (Fsp3) is 0.280. The molecule has 1 fully saturated rings. The van der Waals surface area contributed by atoms with Gasteiger partial charge in [0, 0.05) is 18.0 Å². The molecule has 33 heavy (non-hydrogen) atoms. The van der Waals surface area contributed by atoms with Crippen molar-refractivity contribution in [2.24, 2.45) is 0 Å². The van der Waals surface area contributed by atoms with Crippen molar-refractivity contribution in [1.29, 1.82) is 0 Å². The molecule has 1 aliphatic heterocycles. The first-order valence-electron chi connectivity index (χ1n) is 11.2. The largest absolute Gasteiger partial charge is 0.350 e. The van der Waals surface area contributed by atoms with Gasteiger partial charge in [-0.05, 0) is 62.5 Å². The molecule has 0 bridgehead atoms. The van der Waals surface area contributed by atoms with Gasteiger partial charge in [0.15, 0.2) is 0 Å². The molecular formula is C25H24N6OS. The van der Waals surface area contributed by atoms with E-state index in [-0.39, 0.29) is 18.0 Å². The summed E-state index contributed by atoms with van der Waals surface area (Å²) in [7, 11) is 0. The normalized spacial score (nSPS) is 19.4. The maximum atomic E-state index is 13.2. The van der Waals surface area contributed by atoms with Crippen molar-refractivity contribution in [3.05, 3.63) is 87.9 Å². The Morgan fingerprint density at radius 2 is 2.00 bits per heavy atom. The van der Waals surface area contributed by atoms with Crippen LogP contribution < -0.4 is 5.32 Å². The first kappa shape index (κ1) is 20.3. The van der Waals surface area contributed by atoms with Crippen molar-refractivity contribution in [2.75, 3.05) is 6.54 Å². The topological polar surface area (TPSA) is 75.9 Å². The number of nitrogens with one attached hydrogen (secondary N) is 1. The molecule has 2 aromatic carbocycles. The summed E-state index contributed by atoms with van der Waals surface area (Å²) in [6.07, 6.45) is 3.30. The molecule has 3 heterocycles. The summed E-state index contributed by atoms with van der Waals surface area (Å²) in [6.45, 7) is 2.02. The van der Waals surface area contributed by atoms with E-state index in [0.717, 1.165) is 24.4 Å².